The minimum atomic E-state index is -4.44. The minimum Gasteiger partial charge on any atom is -0.490 e. The summed E-state index contributed by atoms with van der Waals surface area (Å²) in [6.07, 6.45) is -3.66. The van der Waals surface area contributed by atoms with Crippen LogP contribution < -0.4 is 15.0 Å². The van der Waals surface area contributed by atoms with Crippen molar-refractivity contribution < 1.29 is 22.6 Å². The fourth-order valence-electron chi connectivity index (χ4n) is 3.06. The molecule has 2 heterocycles. The molecule has 2 aromatic carbocycles. The van der Waals surface area contributed by atoms with E-state index < -0.39 is 17.3 Å². The van der Waals surface area contributed by atoms with Gasteiger partial charge in [0.25, 0.3) is 5.56 Å². The number of alkyl halides is 3. The van der Waals surface area contributed by atoms with Crippen LogP contribution in [0.15, 0.2) is 59.4 Å². The van der Waals surface area contributed by atoms with E-state index in [1.807, 2.05) is 0 Å². The van der Waals surface area contributed by atoms with Crippen molar-refractivity contribution in [3.8, 4) is 22.8 Å². The molecule has 0 N–H and O–H groups in total. The predicted octanol–water partition coefficient (Wildman–Crippen LogP) is 4.14. The first-order valence-electron chi connectivity index (χ1n) is 9.04. The van der Waals surface area contributed by atoms with Crippen LogP contribution in [0.1, 0.15) is 17.5 Å². The minimum absolute atomic E-state index is 0.0683. The lowest BCUT2D eigenvalue weighted by molar-refractivity contribution is -0.137. The number of benzene rings is 2. The van der Waals surface area contributed by atoms with Crippen LogP contribution in [0.25, 0.3) is 11.3 Å². The van der Waals surface area contributed by atoms with E-state index >= 15 is 0 Å². The number of hydrogen-bond donors (Lipinski definition) is 0. The van der Waals surface area contributed by atoms with Crippen molar-refractivity contribution in [2.75, 3.05) is 13.2 Å². The number of nitrogens with zero attached hydrogens (tertiary/aromatic N) is 2. The summed E-state index contributed by atoms with van der Waals surface area (Å²) in [5.74, 6) is 1.24. The van der Waals surface area contributed by atoms with Gasteiger partial charge >= 0.3 is 6.18 Å². The van der Waals surface area contributed by atoms with Crippen LogP contribution in [0.4, 0.5) is 13.2 Å². The molecule has 150 valence electrons. The molecule has 0 bridgehead atoms. The van der Waals surface area contributed by atoms with E-state index in [0.29, 0.717) is 41.5 Å². The summed E-state index contributed by atoms with van der Waals surface area (Å²) in [4.78, 5) is 12.2. The zero-order valence-electron chi connectivity index (χ0n) is 15.3. The van der Waals surface area contributed by atoms with E-state index in [0.717, 1.165) is 23.2 Å². The molecule has 0 aliphatic carbocycles. The van der Waals surface area contributed by atoms with Gasteiger partial charge in [-0.1, -0.05) is 12.1 Å². The van der Waals surface area contributed by atoms with Crippen LogP contribution in [0.5, 0.6) is 11.5 Å². The average molecular weight is 402 g/mol. The molecule has 4 rings (SSSR count). The molecule has 5 nitrogen and oxygen atoms in total. The molecule has 8 heteroatoms. The summed E-state index contributed by atoms with van der Waals surface area (Å²) in [5.41, 5.74) is 0.395. The molecular formula is C21H17F3N2O3. The molecule has 3 aromatic rings. The fraction of sp³-hybridized carbons (Fsp3) is 0.238. The summed E-state index contributed by atoms with van der Waals surface area (Å²) in [6.45, 7) is 1.05. The van der Waals surface area contributed by atoms with Crippen molar-refractivity contribution in [1.29, 1.82) is 0 Å². The van der Waals surface area contributed by atoms with Crippen LogP contribution in [-0.2, 0) is 12.7 Å². The molecule has 0 atom stereocenters. The van der Waals surface area contributed by atoms with Gasteiger partial charge in [0, 0.05) is 18.1 Å². The fourth-order valence-corrected chi connectivity index (χ4v) is 3.06. The molecule has 29 heavy (non-hydrogen) atoms. The molecule has 0 spiro atoms. The number of aromatic nitrogens is 2. The maximum atomic E-state index is 12.9. The second kappa shape index (κ2) is 7.62. The van der Waals surface area contributed by atoms with Gasteiger partial charge in [0.15, 0.2) is 11.5 Å². The van der Waals surface area contributed by atoms with E-state index in [1.54, 1.807) is 24.3 Å². The number of hydrogen-bond acceptors (Lipinski definition) is 4. The summed E-state index contributed by atoms with van der Waals surface area (Å²) >= 11 is 0. The Balaban J connectivity index is 1.65. The highest BCUT2D eigenvalue weighted by atomic mass is 19.4. The second-order valence-corrected chi connectivity index (χ2v) is 6.62. The van der Waals surface area contributed by atoms with Crippen LogP contribution in [0.2, 0.25) is 0 Å². The molecule has 0 unspecified atom stereocenters. The Kier molecular flexibility index (Phi) is 5.00. The molecule has 0 saturated heterocycles. The summed E-state index contributed by atoms with van der Waals surface area (Å²) in [6, 6.07) is 13.1. The number of rotatable bonds is 3. The van der Waals surface area contributed by atoms with Crippen molar-refractivity contribution >= 4 is 0 Å². The van der Waals surface area contributed by atoms with Gasteiger partial charge in [0.2, 0.25) is 0 Å². The van der Waals surface area contributed by atoms with Gasteiger partial charge in [-0.2, -0.15) is 18.3 Å². The smallest absolute Gasteiger partial charge is 0.416 e. The van der Waals surface area contributed by atoms with Crippen LogP contribution in [0.3, 0.4) is 0 Å². The molecule has 1 aliphatic rings. The molecule has 0 radical (unpaired) electrons. The van der Waals surface area contributed by atoms with Crippen molar-refractivity contribution in [1.82, 2.24) is 9.78 Å². The molecule has 0 amide bonds. The Bertz CT molecular complexity index is 1090. The standard InChI is InChI=1S/C21H17F3N2O3/c22-21(23,24)16-4-1-3-14(11-16)13-26-20(27)8-6-17(25-26)15-5-7-18-19(12-15)29-10-2-9-28-18/h1,3-8,11-12H,2,9-10,13H2. The highest BCUT2D eigenvalue weighted by Crippen LogP contribution is 2.33. The normalized spacial score (nSPS) is 13.8. The molecule has 1 aliphatic heterocycles. The van der Waals surface area contributed by atoms with E-state index in [1.165, 1.54) is 18.2 Å². The van der Waals surface area contributed by atoms with Crippen molar-refractivity contribution in [3.63, 3.8) is 0 Å². The first-order valence-corrected chi connectivity index (χ1v) is 9.04. The van der Waals surface area contributed by atoms with E-state index in [4.69, 9.17) is 9.47 Å². The third kappa shape index (κ3) is 4.26. The molecule has 0 saturated carbocycles. The second-order valence-electron chi connectivity index (χ2n) is 6.62. The zero-order chi connectivity index (χ0) is 20.4. The molecule has 1 aromatic heterocycles. The highest BCUT2D eigenvalue weighted by Gasteiger charge is 2.30. The van der Waals surface area contributed by atoms with Gasteiger partial charge in [-0.25, -0.2) is 4.68 Å². The third-order valence-electron chi connectivity index (χ3n) is 4.50. The van der Waals surface area contributed by atoms with E-state index in [-0.39, 0.29) is 6.54 Å². The number of ether oxygens (including phenoxy) is 2. The summed E-state index contributed by atoms with van der Waals surface area (Å²) < 4.78 is 51.2. The maximum absolute atomic E-state index is 12.9. The van der Waals surface area contributed by atoms with Gasteiger partial charge in [-0.15, -0.1) is 0 Å². The third-order valence-corrected chi connectivity index (χ3v) is 4.50. The molecular weight excluding hydrogens is 385 g/mol. The lowest BCUT2D eigenvalue weighted by Gasteiger charge is -2.12. The van der Waals surface area contributed by atoms with Crippen molar-refractivity contribution in [3.05, 3.63) is 76.1 Å². The Morgan fingerprint density at radius 2 is 1.76 bits per heavy atom. The first kappa shape index (κ1) is 19.0. The SMILES string of the molecule is O=c1ccc(-c2ccc3c(c2)OCCCO3)nn1Cc1cccc(C(F)(F)F)c1. The van der Waals surface area contributed by atoms with Crippen LogP contribution in [0, 0.1) is 0 Å². The van der Waals surface area contributed by atoms with Gasteiger partial charge in [0.05, 0.1) is 31.0 Å². The van der Waals surface area contributed by atoms with Gasteiger partial charge < -0.3 is 9.47 Å². The van der Waals surface area contributed by atoms with E-state index in [2.05, 4.69) is 5.10 Å². The van der Waals surface area contributed by atoms with Gasteiger partial charge in [-0.05, 0) is 42.0 Å². The average Bonchev–Trinajstić information content (AvgIpc) is 2.94. The predicted molar refractivity (Wildman–Crippen MR) is 100 cm³/mol. The number of fused-ring (bicyclic) bond motifs is 1. The largest absolute Gasteiger partial charge is 0.490 e. The Hall–Kier alpha value is -3.29. The lowest BCUT2D eigenvalue weighted by atomic mass is 10.1. The Morgan fingerprint density at radius 1 is 0.966 bits per heavy atom. The Morgan fingerprint density at radius 3 is 2.55 bits per heavy atom. The monoisotopic (exact) mass is 402 g/mol. The summed E-state index contributed by atoms with van der Waals surface area (Å²) in [5, 5.41) is 4.33. The van der Waals surface area contributed by atoms with E-state index in [9.17, 15) is 18.0 Å². The number of halogens is 3. The van der Waals surface area contributed by atoms with Crippen LogP contribution in [-0.4, -0.2) is 23.0 Å². The topological polar surface area (TPSA) is 53.4 Å². The lowest BCUT2D eigenvalue weighted by Crippen LogP contribution is -2.23. The first-order chi connectivity index (χ1) is 13.9. The quantitative estimate of drug-likeness (QED) is 0.661. The van der Waals surface area contributed by atoms with Gasteiger partial charge in [-0.3, -0.25) is 4.79 Å². The zero-order valence-corrected chi connectivity index (χ0v) is 15.3. The van der Waals surface area contributed by atoms with Crippen LogP contribution >= 0.6 is 0 Å². The maximum Gasteiger partial charge on any atom is 0.416 e. The van der Waals surface area contributed by atoms with Crippen molar-refractivity contribution in [2.45, 2.75) is 19.1 Å². The molecule has 0 fully saturated rings. The summed E-state index contributed by atoms with van der Waals surface area (Å²) in [7, 11) is 0. The highest BCUT2D eigenvalue weighted by molar-refractivity contribution is 5.63. The Labute approximate surface area is 164 Å². The van der Waals surface area contributed by atoms with Gasteiger partial charge in [0.1, 0.15) is 0 Å². The van der Waals surface area contributed by atoms with Crippen molar-refractivity contribution in [2.24, 2.45) is 0 Å².